The molecule has 0 radical (unpaired) electrons. The number of rotatable bonds is 8. The monoisotopic (exact) mass is 243 g/mol. The van der Waals surface area contributed by atoms with E-state index in [-0.39, 0.29) is 0 Å². The summed E-state index contributed by atoms with van der Waals surface area (Å²) >= 11 is 0. The Morgan fingerprint density at radius 2 is 2.24 bits per heavy atom. The minimum atomic E-state index is 0.377. The van der Waals surface area contributed by atoms with Gasteiger partial charge in [0.15, 0.2) is 0 Å². The molecule has 1 fully saturated rings. The van der Waals surface area contributed by atoms with Crippen molar-refractivity contribution in [1.82, 2.24) is 15.1 Å². The van der Waals surface area contributed by atoms with Crippen LogP contribution in [0.1, 0.15) is 20.3 Å². The lowest BCUT2D eigenvalue weighted by Crippen LogP contribution is -2.48. The fourth-order valence-electron chi connectivity index (χ4n) is 2.02. The van der Waals surface area contributed by atoms with Crippen molar-refractivity contribution in [2.45, 2.75) is 26.4 Å². The summed E-state index contributed by atoms with van der Waals surface area (Å²) in [6, 6.07) is 0. The number of morpholine rings is 1. The standard InChI is InChI=1S/C13H29N3O/c1-4-6-14-11-13-12-16(9-10-17-13)8-7-15(3)5-2/h13-14H,4-12H2,1-3H3/t13-/m1/s1. The zero-order valence-corrected chi connectivity index (χ0v) is 11.7. The second kappa shape index (κ2) is 8.86. The molecular formula is C13H29N3O. The first-order chi connectivity index (χ1) is 8.26. The Kier molecular flexibility index (Phi) is 7.77. The smallest absolute Gasteiger partial charge is 0.0826 e. The fourth-order valence-corrected chi connectivity index (χ4v) is 2.02. The van der Waals surface area contributed by atoms with Crippen LogP contribution in [-0.2, 0) is 4.74 Å². The Morgan fingerprint density at radius 3 is 2.94 bits per heavy atom. The highest BCUT2D eigenvalue weighted by atomic mass is 16.5. The third kappa shape index (κ3) is 6.36. The van der Waals surface area contributed by atoms with Crippen LogP contribution in [0.3, 0.4) is 0 Å². The van der Waals surface area contributed by atoms with Crippen molar-refractivity contribution in [3.63, 3.8) is 0 Å². The van der Waals surface area contributed by atoms with Gasteiger partial charge in [-0.25, -0.2) is 0 Å². The number of hydrogen-bond acceptors (Lipinski definition) is 4. The zero-order valence-electron chi connectivity index (χ0n) is 11.7. The maximum atomic E-state index is 5.77. The van der Waals surface area contributed by atoms with Crippen LogP contribution in [0.15, 0.2) is 0 Å². The molecule has 0 aromatic heterocycles. The maximum absolute atomic E-state index is 5.77. The van der Waals surface area contributed by atoms with Crippen molar-refractivity contribution in [3.05, 3.63) is 0 Å². The first-order valence-corrected chi connectivity index (χ1v) is 6.99. The first kappa shape index (κ1) is 14.9. The Morgan fingerprint density at radius 1 is 1.41 bits per heavy atom. The molecule has 0 saturated carbocycles. The molecule has 17 heavy (non-hydrogen) atoms. The predicted molar refractivity (Wildman–Crippen MR) is 72.5 cm³/mol. The van der Waals surface area contributed by atoms with Gasteiger partial charge in [-0.1, -0.05) is 13.8 Å². The van der Waals surface area contributed by atoms with Gasteiger partial charge in [-0.05, 0) is 26.6 Å². The Bertz CT molecular complexity index is 190. The third-order valence-corrected chi connectivity index (χ3v) is 3.36. The highest BCUT2D eigenvalue weighted by Gasteiger charge is 2.19. The summed E-state index contributed by atoms with van der Waals surface area (Å²) in [6.07, 6.45) is 1.57. The Balaban J connectivity index is 2.14. The normalized spacial score (nSPS) is 22.2. The summed E-state index contributed by atoms with van der Waals surface area (Å²) in [5.74, 6) is 0. The molecule has 1 saturated heterocycles. The molecule has 1 aliphatic heterocycles. The minimum absolute atomic E-state index is 0.377. The molecule has 0 aromatic carbocycles. The summed E-state index contributed by atoms with van der Waals surface area (Å²) in [6.45, 7) is 13.0. The molecule has 0 aromatic rings. The summed E-state index contributed by atoms with van der Waals surface area (Å²) in [5.41, 5.74) is 0. The predicted octanol–water partition coefficient (Wildman–Crippen LogP) is 0.639. The van der Waals surface area contributed by atoms with E-state index in [0.29, 0.717) is 6.10 Å². The van der Waals surface area contributed by atoms with Crippen LogP contribution >= 0.6 is 0 Å². The zero-order chi connectivity index (χ0) is 12.5. The quantitative estimate of drug-likeness (QED) is 0.633. The molecule has 0 unspecified atom stereocenters. The van der Waals surface area contributed by atoms with Crippen molar-refractivity contribution in [3.8, 4) is 0 Å². The number of nitrogens with one attached hydrogen (secondary N) is 1. The van der Waals surface area contributed by atoms with Crippen LogP contribution in [0.25, 0.3) is 0 Å². The van der Waals surface area contributed by atoms with Crippen molar-refractivity contribution in [1.29, 1.82) is 0 Å². The molecule has 1 heterocycles. The molecule has 4 nitrogen and oxygen atoms in total. The molecule has 1 N–H and O–H groups in total. The highest BCUT2D eigenvalue weighted by molar-refractivity contribution is 4.74. The molecule has 0 amide bonds. The van der Waals surface area contributed by atoms with Crippen LogP contribution in [0.4, 0.5) is 0 Å². The van der Waals surface area contributed by atoms with E-state index in [1.165, 1.54) is 6.42 Å². The Hall–Kier alpha value is -0.160. The van der Waals surface area contributed by atoms with E-state index >= 15 is 0 Å². The van der Waals surface area contributed by atoms with Crippen LogP contribution in [0, 0.1) is 0 Å². The lowest BCUT2D eigenvalue weighted by molar-refractivity contribution is -0.0285. The van der Waals surface area contributed by atoms with E-state index in [2.05, 4.69) is 36.0 Å². The average Bonchev–Trinajstić information content (AvgIpc) is 2.37. The van der Waals surface area contributed by atoms with E-state index in [0.717, 1.165) is 52.4 Å². The van der Waals surface area contributed by atoms with Crippen molar-refractivity contribution >= 4 is 0 Å². The number of likely N-dealkylation sites (N-methyl/N-ethyl adjacent to an activating group) is 1. The lowest BCUT2D eigenvalue weighted by atomic mass is 10.2. The van der Waals surface area contributed by atoms with Gasteiger partial charge < -0.3 is 15.0 Å². The van der Waals surface area contributed by atoms with Gasteiger partial charge in [-0.2, -0.15) is 0 Å². The van der Waals surface area contributed by atoms with Crippen LogP contribution in [0.2, 0.25) is 0 Å². The molecule has 0 bridgehead atoms. The van der Waals surface area contributed by atoms with E-state index in [9.17, 15) is 0 Å². The van der Waals surface area contributed by atoms with Gasteiger partial charge in [-0.15, -0.1) is 0 Å². The molecular weight excluding hydrogens is 214 g/mol. The van der Waals surface area contributed by atoms with Crippen LogP contribution < -0.4 is 5.32 Å². The van der Waals surface area contributed by atoms with Gasteiger partial charge in [0.1, 0.15) is 0 Å². The summed E-state index contributed by atoms with van der Waals surface area (Å²) in [7, 11) is 2.18. The molecule has 0 spiro atoms. The van der Waals surface area contributed by atoms with E-state index < -0.39 is 0 Å². The van der Waals surface area contributed by atoms with Gasteiger partial charge in [0, 0.05) is 32.7 Å². The lowest BCUT2D eigenvalue weighted by Gasteiger charge is -2.33. The molecule has 1 rings (SSSR count). The number of hydrogen-bond donors (Lipinski definition) is 1. The van der Waals surface area contributed by atoms with E-state index in [1.54, 1.807) is 0 Å². The SMILES string of the molecule is CCCNC[C@@H]1CN(CCN(C)CC)CCO1. The molecule has 0 aliphatic carbocycles. The van der Waals surface area contributed by atoms with Gasteiger partial charge in [0.25, 0.3) is 0 Å². The first-order valence-electron chi connectivity index (χ1n) is 6.99. The van der Waals surface area contributed by atoms with Crippen molar-refractivity contribution < 1.29 is 4.74 Å². The Labute approximate surface area is 106 Å². The second-order valence-corrected chi connectivity index (χ2v) is 4.89. The largest absolute Gasteiger partial charge is 0.374 e. The number of ether oxygens (including phenoxy) is 1. The van der Waals surface area contributed by atoms with Gasteiger partial charge >= 0.3 is 0 Å². The molecule has 102 valence electrons. The summed E-state index contributed by atoms with van der Waals surface area (Å²) in [4.78, 5) is 4.88. The molecule has 1 atom stereocenters. The molecule has 4 heteroatoms. The van der Waals surface area contributed by atoms with Crippen LogP contribution in [-0.4, -0.2) is 75.4 Å². The number of nitrogens with zero attached hydrogens (tertiary/aromatic N) is 2. The topological polar surface area (TPSA) is 27.7 Å². The summed E-state index contributed by atoms with van der Waals surface area (Å²) < 4.78 is 5.77. The van der Waals surface area contributed by atoms with Gasteiger partial charge in [-0.3, -0.25) is 4.90 Å². The summed E-state index contributed by atoms with van der Waals surface area (Å²) in [5, 5.41) is 3.44. The van der Waals surface area contributed by atoms with E-state index in [1.807, 2.05) is 0 Å². The van der Waals surface area contributed by atoms with Crippen molar-refractivity contribution in [2.75, 3.05) is 59.5 Å². The molecule has 1 aliphatic rings. The highest BCUT2D eigenvalue weighted by Crippen LogP contribution is 2.04. The van der Waals surface area contributed by atoms with Gasteiger partial charge in [0.2, 0.25) is 0 Å². The second-order valence-electron chi connectivity index (χ2n) is 4.89. The fraction of sp³-hybridized carbons (Fsp3) is 1.00. The van der Waals surface area contributed by atoms with Gasteiger partial charge in [0.05, 0.1) is 12.7 Å². The minimum Gasteiger partial charge on any atom is -0.374 e. The van der Waals surface area contributed by atoms with Crippen LogP contribution in [0.5, 0.6) is 0 Å². The maximum Gasteiger partial charge on any atom is 0.0826 e. The van der Waals surface area contributed by atoms with Crippen molar-refractivity contribution in [2.24, 2.45) is 0 Å². The average molecular weight is 243 g/mol. The third-order valence-electron chi connectivity index (χ3n) is 3.36. The van der Waals surface area contributed by atoms with E-state index in [4.69, 9.17) is 4.74 Å².